The van der Waals surface area contributed by atoms with Crippen LogP contribution in [0.1, 0.15) is 25.0 Å². The molecule has 0 saturated heterocycles. The Kier molecular flexibility index (Phi) is 2.73. The number of nitrogens with one attached hydrogen (secondary N) is 1. The Morgan fingerprint density at radius 3 is 2.60 bits per heavy atom. The van der Waals surface area contributed by atoms with Crippen molar-refractivity contribution in [1.82, 2.24) is 9.97 Å². The maximum atomic E-state index is 12.6. The highest BCUT2D eigenvalue weighted by molar-refractivity contribution is 6.19. The first kappa shape index (κ1) is 10.5. The average Bonchev–Trinajstić information content (AvgIpc) is 2.99. The molecule has 0 radical (unpaired) electrons. The number of anilines is 1. The van der Waals surface area contributed by atoms with E-state index >= 15 is 0 Å². The SMILES string of the molecule is FC(F)c1nccnc1NC1(CCl)CC1. The molecular formula is C9H10ClF2N3. The lowest BCUT2D eigenvalue weighted by Crippen LogP contribution is -2.24. The number of alkyl halides is 3. The lowest BCUT2D eigenvalue weighted by atomic mass is 10.3. The first-order valence-corrected chi connectivity index (χ1v) is 5.13. The van der Waals surface area contributed by atoms with E-state index in [2.05, 4.69) is 15.3 Å². The van der Waals surface area contributed by atoms with E-state index in [0.717, 1.165) is 12.8 Å². The van der Waals surface area contributed by atoms with E-state index in [9.17, 15) is 8.78 Å². The zero-order chi connectivity index (χ0) is 10.9. The number of aromatic nitrogens is 2. The Hall–Kier alpha value is -0.970. The van der Waals surface area contributed by atoms with Gasteiger partial charge >= 0.3 is 0 Å². The third-order valence-corrected chi connectivity index (χ3v) is 2.94. The zero-order valence-electron chi connectivity index (χ0n) is 7.88. The van der Waals surface area contributed by atoms with Gasteiger partial charge in [0, 0.05) is 18.3 Å². The largest absolute Gasteiger partial charge is 0.362 e. The lowest BCUT2D eigenvalue weighted by molar-refractivity contribution is 0.146. The highest BCUT2D eigenvalue weighted by Gasteiger charge is 2.42. The molecule has 1 aromatic rings. The Morgan fingerprint density at radius 1 is 1.40 bits per heavy atom. The minimum atomic E-state index is -2.62. The van der Waals surface area contributed by atoms with Crippen molar-refractivity contribution in [2.45, 2.75) is 24.8 Å². The van der Waals surface area contributed by atoms with Crippen LogP contribution >= 0.6 is 11.6 Å². The normalized spacial score (nSPS) is 17.9. The van der Waals surface area contributed by atoms with Crippen LogP contribution in [0, 0.1) is 0 Å². The molecule has 2 rings (SSSR count). The number of rotatable bonds is 4. The van der Waals surface area contributed by atoms with Crippen LogP contribution in [0.5, 0.6) is 0 Å². The summed E-state index contributed by atoms with van der Waals surface area (Å²) in [6.07, 6.45) is 1.80. The van der Waals surface area contributed by atoms with Gasteiger partial charge in [0.05, 0.1) is 5.54 Å². The summed E-state index contributed by atoms with van der Waals surface area (Å²) >= 11 is 5.74. The van der Waals surface area contributed by atoms with Crippen molar-refractivity contribution >= 4 is 17.4 Å². The third kappa shape index (κ3) is 2.17. The van der Waals surface area contributed by atoms with Gasteiger partial charge in [-0.2, -0.15) is 0 Å². The Bertz CT molecular complexity index is 355. The van der Waals surface area contributed by atoms with E-state index in [1.54, 1.807) is 0 Å². The molecule has 1 aromatic heterocycles. The molecular weight excluding hydrogens is 224 g/mol. The van der Waals surface area contributed by atoms with Crippen molar-refractivity contribution in [2.75, 3.05) is 11.2 Å². The molecule has 1 saturated carbocycles. The molecule has 0 atom stereocenters. The van der Waals surface area contributed by atoms with Crippen molar-refractivity contribution in [3.8, 4) is 0 Å². The van der Waals surface area contributed by atoms with Gasteiger partial charge in [0.1, 0.15) is 5.69 Å². The molecule has 1 fully saturated rings. The fourth-order valence-electron chi connectivity index (χ4n) is 1.30. The molecule has 0 unspecified atom stereocenters. The van der Waals surface area contributed by atoms with Gasteiger partial charge in [0.25, 0.3) is 6.43 Å². The molecule has 1 aliphatic carbocycles. The summed E-state index contributed by atoms with van der Waals surface area (Å²) in [5.74, 6) is 0.539. The Balaban J connectivity index is 2.20. The molecule has 82 valence electrons. The molecule has 6 heteroatoms. The quantitative estimate of drug-likeness (QED) is 0.813. The third-order valence-electron chi connectivity index (χ3n) is 2.43. The van der Waals surface area contributed by atoms with Crippen LogP contribution in [0.15, 0.2) is 12.4 Å². The van der Waals surface area contributed by atoms with E-state index in [1.165, 1.54) is 12.4 Å². The second kappa shape index (κ2) is 3.89. The van der Waals surface area contributed by atoms with Crippen LogP contribution in [-0.4, -0.2) is 21.4 Å². The monoisotopic (exact) mass is 233 g/mol. The van der Waals surface area contributed by atoms with Crippen LogP contribution in [0.3, 0.4) is 0 Å². The molecule has 0 bridgehead atoms. The highest BCUT2D eigenvalue weighted by atomic mass is 35.5. The minimum Gasteiger partial charge on any atom is -0.362 e. The van der Waals surface area contributed by atoms with E-state index in [0.29, 0.717) is 5.88 Å². The lowest BCUT2D eigenvalue weighted by Gasteiger charge is -2.16. The van der Waals surface area contributed by atoms with Crippen molar-refractivity contribution in [2.24, 2.45) is 0 Å². The van der Waals surface area contributed by atoms with Gasteiger partial charge in [-0.05, 0) is 12.8 Å². The molecule has 1 heterocycles. The molecule has 1 aliphatic rings. The van der Waals surface area contributed by atoms with E-state index in [-0.39, 0.29) is 17.1 Å². The van der Waals surface area contributed by atoms with Crippen LogP contribution in [-0.2, 0) is 0 Å². The maximum absolute atomic E-state index is 12.6. The molecule has 0 aromatic carbocycles. The van der Waals surface area contributed by atoms with Crippen molar-refractivity contribution in [1.29, 1.82) is 0 Å². The number of nitrogens with zero attached hydrogens (tertiary/aromatic N) is 2. The summed E-state index contributed by atoms with van der Waals surface area (Å²) in [6.45, 7) is 0. The predicted octanol–water partition coefficient (Wildman–Crippen LogP) is 2.60. The number of halogens is 3. The van der Waals surface area contributed by atoms with Gasteiger partial charge < -0.3 is 5.32 Å². The van der Waals surface area contributed by atoms with Crippen LogP contribution in [0.2, 0.25) is 0 Å². The molecule has 0 amide bonds. The van der Waals surface area contributed by atoms with Crippen LogP contribution in [0.25, 0.3) is 0 Å². The summed E-state index contributed by atoms with van der Waals surface area (Å²) < 4.78 is 25.1. The van der Waals surface area contributed by atoms with Gasteiger partial charge in [-0.1, -0.05) is 0 Å². The molecule has 15 heavy (non-hydrogen) atoms. The highest BCUT2D eigenvalue weighted by Crippen LogP contribution is 2.40. The smallest absolute Gasteiger partial charge is 0.283 e. The zero-order valence-corrected chi connectivity index (χ0v) is 8.64. The number of hydrogen-bond donors (Lipinski definition) is 1. The minimum absolute atomic E-state index is 0.144. The maximum Gasteiger partial charge on any atom is 0.283 e. The summed E-state index contributed by atoms with van der Waals surface area (Å²) in [4.78, 5) is 7.47. The topological polar surface area (TPSA) is 37.8 Å². The second-order valence-electron chi connectivity index (χ2n) is 3.63. The summed E-state index contributed by atoms with van der Waals surface area (Å²) in [5, 5.41) is 2.94. The van der Waals surface area contributed by atoms with Crippen molar-refractivity contribution in [3.63, 3.8) is 0 Å². The molecule has 0 aliphatic heterocycles. The Labute approximate surface area is 90.9 Å². The standard InChI is InChI=1S/C9H10ClF2N3/c10-5-9(1-2-9)15-8-6(7(11)12)13-3-4-14-8/h3-4,7H,1-2,5H2,(H,14,15). The molecule has 3 nitrogen and oxygen atoms in total. The van der Waals surface area contributed by atoms with E-state index in [4.69, 9.17) is 11.6 Å². The van der Waals surface area contributed by atoms with Crippen molar-refractivity contribution in [3.05, 3.63) is 18.1 Å². The van der Waals surface area contributed by atoms with Gasteiger partial charge in [0.15, 0.2) is 5.82 Å². The Morgan fingerprint density at radius 2 is 2.07 bits per heavy atom. The molecule has 1 N–H and O–H groups in total. The fraction of sp³-hybridized carbons (Fsp3) is 0.556. The average molecular weight is 234 g/mol. The molecule has 0 spiro atoms. The van der Waals surface area contributed by atoms with E-state index in [1.807, 2.05) is 0 Å². The van der Waals surface area contributed by atoms with Gasteiger partial charge in [-0.3, -0.25) is 0 Å². The first-order chi connectivity index (χ1) is 7.17. The first-order valence-electron chi connectivity index (χ1n) is 4.60. The summed E-state index contributed by atoms with van der Waals surface area (Å²) in [5.41, 5.74) is -0.560. The second-order valence-corrected chi connectivity index (χ2v) is 3.90. The summed E-state index contributed by atoms with van der Waals surface area (Å²) in [7, 11) is 0. The fourth-order valence-corrected chi connectivity index (χ4v) is 1.63. The van der Waals surface area contributed by atoms with Gasteiger partial charge in [-0.15, -0.1) is 11.6 Å². The number of hydrogen-bond acceptors (Lipinski definition) is 3. The van der Waals surface area contributed by atoms with Crippen LogP contribution in [0.4, 0.5) is 14.6 Å². The van der Waals surface area contributed by atoms with Crippen molar-refractivity contribution < 1.29 is 8.78 Å². The van der Waals surface area contributed by atoms with Gasteiger partial charge in [-0.25, -0.2) is 18.7 Å². The van der Waals surface area contributed by atoms with Gasteiger partial charge in [0.2, 0.25) is 0 Å². The van der Waals surface area contributed by atoms with Crippen LogP contribution < -0.4 is 5.32 Å². The summed E-state index contributed by atoms with van der Waals surface area (Å²) in [6, 6.07) is 0. The predicted molar refractivity (Wildman–Crippen MR) is 53.3 cm³/mol. The van der Waals surface area contributed by atoms with E-state index < -0.39 is 6.43 Å².